The standard InChI is InChI=1S/C35H62N2O4/c1-20(2)28(36)29(39)37-25-13-15-32(7)23(30(25,3)4)12-17-33(8)24(32)19-22(38)27-21(11-16-34(27,33)9)35(10)18-14-26(41-35)31(5,6)40/h20-28,38,40H,11-19,36H2,1-10H3,(H,37,39)/t21-,22+,23-,24+,25-,26-,27-,28-,32-,33+,34+,35-/m0/s1. The lowest BCUT2D eigenvalue weighted by Crippen LogP contribution is -2.68. The van der Waals surface area contributed by atoms with Crippen molar-refractivity contribution in [2.24, 2.45) is 57.0 Å². The summed E-state index contributed by atoms with van der Waals surface area (Å²) in [5.41, 5.74) is 5.36. The molecule has 0 aromatic carbocycles. The molecule has 6 nitrogen and oxygen atoms in total. The number of carbonyl (C=O) groups is 1. The Morgan fingerprint density at radius 1 is 0.927 bits per heavy atom. The second-order valence-corrected chi connectivity index (χ2v) is 17.8. The van der Waals surface area contributed by atoms with Gasteiger partial charge in [-0.3, -0.25) is 4.79 Å². The van der Waals surface area contributed by atoms with Crippen LogP contribution in [0.2, 0.25) is 0 Å². The van der Waals surface area contributed by atoms with Crippen molar-refractivity contribution in [3.63, 3.8) is 0 Å². The monoisotopic (exact) mass is 574 g/mol. The van der Waals surface area contributed by atoms with Crippen molar-refractivity contribution in [3.8, 4) is 0 Å². The predicted molar refractivity (Wildman–Crippen MR) is 164 cm³/mol. The molecule has 1 saturated heterocycles. The molecule has 1 amide bonds. The van der Waals surface area contributed by atoms with Crippen molar-refractivity contribution in [1.82, 2.24) is 5.32 Å². The molecule has 6 heteroatoms. The Balaban J connectivity index is 1.41. The summed E-state index contributed by atoms with van der Waals surface area (Å²) in [6.45, 7) is 22.4. The van der Waals surface area contributed by atoms with Gasteiger partial charge in [-0.05, 0) is 130 Å². The molecule has 0 unspecified atom stereocenters. The molecule has 0 aromatic heterocycles. The van der Waals surface area contributed by atoms with Crippen LogP contribution in [-0.4, -0.2) is 51.6 Å². The molecule has 4 saturated carbocycles. The molecular weight excluding hydrogens is 512 g/mol. The Labute approximate surface area is 250 Å². The lowest BCUT2D eigenvalue weighted by molar-refractivity contribution is -0.240. The van der Waals surface area contributed by atoms with Gasteiger partial charge in [-0.1, -0.05) is 48.5 Å². The van der Waals surface area contributed by atoms with Gasteiger partial charge in [0.2, 0.25) is 5.91 Å². The normalized spacial score (nSPS) is 50.1. The molecule has 0 bridgehead atoms. The molecule has 0 aromatic rings. The molecule has 5 N–H and O–H groups in total. The third-order valence-corrected chi connectivity index (χ3v) is 14.6. The zero-order valence-corrected chi connectivity index (χ0v) is 27.8. The van der Waals surface area contributed by atoms with Crippen molar-refractivity contribution >= 4 is 5.91 Å². The Morgan fingerprint density at radius 2 is 1.56 bits per heavy atom. The van der Waals surface area contributed by atoms with E-state index < -0.39 is 11.6 Å². The van der Waals surface area contributed by atoms with Gasteiger partial charge in [-0.15, -0.1) is 0 Å². The van der Waals surface area contributed by atoms with Gasteiger partial charge in [0.1, 0.15) is 0 Å². The summed E-state index contributed by atoms with van der Waals surface area (Å²) in [5.74, 6) is 1.56. The first-order valence-corrected chi connectivity index (χ1v) is 16.9. The van der Waals surface area contributed by atoms with E-state index in [1.165, 1.54) is 6.42 Å². The van der Waals surface area contributed by atoms with Crippen molar-refractivity contribution in [3.05, 3.63) is 0 Å². The number of hydrogen-bond acceptors (Lipinski definition) is 5. The quantitative estimate of drug-likeness (QED) is 0.331. The molecule has 1 heterocycles. The second-order valence-electron chi connectivity index (χ2n) is 17.8. The first-order chi connectivity index (χ1) is 18.7. The van der Waals surface area contributed by atoms with E-state index in [9.17, 15) is 15.0 Å². The SMILES string of the molecule is CC(C)[C@H](N)C(=O)N[C@H]1CC[C@]2(C)[C@H]3C[C@@H](O)[C@@H]4[C@@H]([C@]5(C)CC[C@@H](C(C)(C)O)O5)CC[C@@]4(C)[C@]3(C)CC[C@H]2C1(C)C. The fraction of sp³-hybridized carbons (Fsp3) is 0.971. The average Bonchev–Trinajstić information content (AvgIpc) is 3.45. The number of amides is 1. The minimum atomic E-state index is -0.847. The number of hydrogen-bond donors (Lipinski definition) is 4. The first kappa shape index (κ1) is 31.7. The van der Waals surface area contributed by atoms with Crippen LogP contribution >= 0.6 is 0 Å². The number of rotatable bonds is 5. The first-order valence-electron chi connectivity index (χ1n) is 16.9. The van der Waals surface area contributed by atoms with Crippen LogP contribution in [0.3, 0.4) is 0 Å². The largest absolute Gasteiger partial charge is 0.393 e. The molecule has 0 radical (unpaired) electrons. The van der Waals surface area contributed by atoms with Gasteiger partial charge >= 0.3 is 0 Å². The highest BCUT2D eigenvalue weighted by Crippen LogP contribution is 2.76. The van der Waals surface area contributed by atoms with E-state index in [0.717, 1.165) is 51.4 Å². The maximum absolute atomic E-state index is 13.0. The number of carbonyl (C=O) groups excluding carboxylic acids is 1. The molecule has 41 heavy (non-hydrogen) atoms. The fourth-order valence-electron chi connectivity index (χ4n) is 11.9. The number of ether oxygens (including phenoxy) is 1. The molecule has 0 spiro atoms. The van der Waals surface area contributed by atoms with Crippen molar-refractivity contribution < 1.29 is 19.7 Å². The average molecular weight is 575 g/mol. The smallest absolute Gasteiger partial charge is 0.237 e. The molecule has 5 aliphatic rings. The van der Waals surface area contributed by atoms with Crippen LogP contribution in [0.1, 0.15) is 127 Å². The lowest BCUT2D eigenvalue weighted by Gasteiger charge is -2.71. The van der Waals surface area contributed by atoms with Crippen LogP contribution in [0.4, 0.5) is 0 Å². The Kier molecular flexibility index (Phi) is 7.67. The molecule has 12 atom stereocenters. The summed E-state index contributed by atoms with van der Waals surface area (Å²) in [4.78, 5) is 13.0. The van der Waals surface area contributed by atoms with Gasteiger partial charge in [0.25, 0.3) is 0 Å². The van der Waals surface area contributed by atoms with E-state index >= 15 is 0 Å². The van der Waals surface area contributed by atoms with Gasteiger partial charge < -0.3 is 26.0 Å². The van der Waals surface area contributed by atoms with E-state index in [0.29, 0.717) is 17.8 Å². The van der Waals surface area contributed by atoms with Crippen LogP contribution in [0.25, 0.3) is 0 Å². The van der Waals surface area contributed by atoms with Crippen LogP contribution < -0.4 is 11.1 Å². The third kappa shape index (κ3) is 4.58. The van der Waals surface area contributed by atoms with Gasteiger partial charge in [0, 0.05) is 6.04 Å². The summed E-state index contributed by atoms with van der Waals surface area (Å²) in [6.07, 6.45) is 8.80. The maximum Gasteiger partial charge on any atom is 0.237 e. The molecule has 1 aliphatic heterocycles. The highest BCUT2D eigenvalue weighted by atomic mass is 16.5. The van der Waals surface area contributed by atoms with Crippen LogP contribution in [0.15, 0.2) is 0 Å². The zero-order valence-electron chi connectivity index (χ0n) is 27.8. The molecule has 5 fully saturated rings. The van der Waals surface area contributed by atoms with Crippen LogP contribution in [0.5, 0.6) is 0 Å². The van der Waals surface area contributed by atoms with E-state index in [4.69, 9.17) is 10.5 Å². The topological polar surface area (TPSA) is 105 Å². The Morgan fingerprint density at radius 3 is 2.15 bits per heavy atom. The van der Waals surface area contributed by atoms with Gasteiger partial charge in [-0.25, -0.2) is 0 Å². The van der Waals surface area contributed by atoms with Crippen molar-refractivity contribution in [1.29, 1.82) is 0 Å². The number of nitrogens with two attached hydrogens (primary N) is 1. The number of nitrogens with one attached hydrogen (secondary N) is 1. The minimum absolute atomic E-state index is 0.0165. The van der Waals surface area contributed by atoms with Gasteiger partial charge in [-0.2, -0.15) is 0 Å². The summed E-state index contributed by atoms with van der Waals surface area (Å²) in [7, 11) is 0. The summed E-state index contributed by atoms with van der Waals surface area (Å²) in [6, 6.07) is -0.350. The highest BCUT2D eigenvalue weighted by Gasteiger charge is 2.72. The summed E-state index contributed by atoms with van der Waals surface area (Å²) < 4.78 is 6.71. The molecule has 4 aliphatic carbocycles. The second kappa shape index (κ2) is 9.91. The molecule has 236 valence electrons. The fourth-order valence-corrected chi connectivity index (χ4v) is 11.9. The summed E-state index contributed by atoms with van der Waals surface area (Å²) in [5, 5.41) is 26.2. The number of aliphatic hydroxyl groups excluding tert-OH is 1. The Bertz CT molecular complexity index is 1020. The maximum atomic E-state index is 13.0. The summed E-state index contributed by atoms with van der Waals surface area (Å²) >= 11 is 0. The number of fused-ring (bicyclic) bond motifs is 5. The van der Waals surface area contributed by atoms with Crippen LogP contribution in [-0.2, 0) is 9.53 Å². The van der Waals surface area contributed by atoms with Crippen molar-refractivity contribution in [2.45, 2.75) is 163 Å². The third-order valence-electron chi connectivity index (χ3n) is 14.6. The van der Waals surface area contributed by atoms with E-state index in [-0.39, 0.29) is 63.3 Å². The van der Waals surface area contributed by atoms with Gasteiger partial charge in [0.15, 0.2) is 0 Å². The van der Waals surface area contributed by atoms with E-state index in [1.807, 2.05) is 27.7 Å². The molecule has 5 rings (SSSR count). The van der Waals surface area contributed by atoms with Crippen LogP contribution in [0, 0.1) is 51.2 Å². The molecular formula is C35H62N2O4. The highest BCUT2D eigenvalue weighted by molar-refractivity contribution is 5.82. The predicted octanol–water partition coefficient (Wildman–Crippen LogP) is 5.82. The zero-order chi connectivity index (χ0) is 30.6. The van der Waals surface area contributed by atoms with E-state index in [2.05, 4.69) is 46.9 Å². The lowest BCUT2D eigenvalue weighted by atomic mass is 9.35. The Hall–Kier alpha value is -0.690. The van der Waals surface area contributed by atoms with Gasteiger partial charge in [0.05, 0.1) is 29.5 Å². The number of aliphatic hydroxyl groups is 2. The van der Waals surface area contributed by atoms with Crippen molar-refractivity contribution in [2.75, 3.05) is 0 Å². The van der Waals surface area contributed by atoms with E-state index in [1.54, 1.807) is 0 Å². The minimum Gasteiger partial charge on any atom is -0.393 e.